The average Bonchev–Trinajstić information content (AvgIpc) is 3.04. The molecule has 0 bridgehead atoms. The lowest BCUT2D eigenvalue weighted by atomic mass is 10.1. The standard InChI is InChI=1S/C19H22N4O2S/c1-3-11-26(25)23(2)15-9-10-17-16(13-15)19(22-21-17)20-18(24)12-14-7-5-4-6-8-14/h4-10,13H,3,11-12H2,1-2H3,(H2,20,21,22,24). The molecule has 26 heavy (non-hydrogen) atoms. The minimum absolute atomic E-state index is 0.127. The Morgan fingerprint density at radius 2 is 2.00 bits per heavy atom. The summed E-state index contributed by atoms with van der Waals surface area (Å²) in [6.45, 7) is 2.01. The van der Waals surface area contributed by atoms with Gasteiger partial charge in [0.05, 0.1) is 11.9 Å². The minimum atomic E-state index is -1.08. The Morgan fingerprint density at radius 1 is 1.23 bits per heavy atom. The van der Waals surface area contributed by atoms with Crippen LogP contribution in [0.3, 0.4) is 0 Å². The van der Waals surface area contributed by atoms with Crippen molar-refractivity contribution in [3.8, 4) is 0 Å². The van der Waals surface area contributed by atoms with Gasteiger partial charge in [-0.1, -0.05) is 37.3 Å². The third kappa shape index (κ3) is 4.11. The lowest BCUT2D eigenvalue weighted by Crippen LogP contribution is -2.22. The molecule has 0 aliphatic carbocycles. The van der Waals surface area contributed by atoms with Gasteiger partial charge >= 0.3 is 0 Å². The smallest absolute Gasteiger partial charge is 0.230 e. The van der Waals surface area contributed by atoms with Gasteiger partial charge in [-0.05, 0) is 30.2 Å². The van der Waals surface area contributed by atoms with Gasteiger partial charge in [-0.15, -0.1) is 0 Å². The number of anilines is 2. The Labute approximate surface area is 155 Å². The van der Waals surface area contributed by atoms with Crippen LogP contribution in [0, 0.1) is 0 Å². The van der Waals surface area contributed by atoms with Gasteiger partial charge in [-0.3, -0.25) is 14.2 Å². The zero-order valence-electron chi connectivity index (χ0n) is 14.9. The van der Waals surface area contributed by atoms with Crippen molar-refractivity contribution >= 4 is 39.3 Å². The summed E-state index contributed by atoms with van der Waals surface area (Å²) in [4.78, 5) is 12.3. The molecule has 1 amide bonds. The van der Waals surface area contributed by atoms with Gasteiger partial charge in [-0.25, -0.2) is 4.21 Å². The van der Waals surface area contributed by atoms with Crippen LogP contribution in [0.2, 0.25) is 0 Å². The molecule has 0 radical (unpaired) electrons. The van der Waals surface area contributed by atoms with Crippen LogP contribution < -0.4 is 9.62 Å². The number of nitrogens with one attached hydrogen (secondary N) is 2. The quantitative estimate of drug-likeness (QED) is 0.670. The first-order valence-corrected chi connectivity index (χ1v) is 9.80. The highest BCUT2D eigenvalue weighted by atomic mass is 32.2. The van der Waals surface area contributed by atoms with Crippen LogP contribution in [0.25, 0.3) is 10.9 Å². The predicted molar refractivity (Wildman–Crippen MR) is 107 cm³/mol. The van der Waals surface area contributed by atoms with Crippen molar-refractivity contribution in [2.45, 2.75) is 19.8 Å². The summed E-state index contributed by atoms with van der Waals surface area (Å²) in [5.74, 6) is 0.969. The van der Waals surface area contributed by atoms with Crippen molar-refractivity contribution in [1.82, 2.24) is 10.2 Å². The van der Waals surface area contributed by atoms with E-state index in [-0.39, 0.29) is 12.3 Å². The number of carbonyl (C=O) groups excluding carboxylic acids is 1. The monoisotopic (exact) mass is 370 g/mol. The Balaban J connectivity index is 1.79. The van der Waals surface area contributed by atoms with Gasteiger partial charge in [0.15, 0.2) is 5.82 Å². The zero-order valence-corrected chi connectivity index (χ0v) is 15.7. The number of H-pyrrole nitrogens is 1. The summed E-state index contributed by atoms with van der Waals surface area (Å²) in [5.41, 5.74) is 2.59. The van der Waals surface area contributed by atoms with E-state index in [1.54, 1.807) is 11.4 Å². The van der Waals surface area contributed by atoms with Gasteiger partial charge in [0, 0.05) is 23.9 Å². The number of aromatic nitrogens is 2. The van der Waals surface area contributed by atoms with Crippen LogP contribution in [0.15, 0.2) is 48.5 Å². The van der Waals surface area contributed by atoms with Crippen LogP contribution in [-0.2, 0) is 22.2 Å². The number of fused-ring (bicyclic) bond motifs is 1. The fraction of sp³-hybridized carbons (Fsp3) is 0.263. The van der Waals surface area contributed by atoms with E-state index in [1.807, 2.05) is 55.5 Å². The molecule has 6 nitrogen and oxygen atoms in total. The van der Waals surface area contributed by atoms with Crippen molar-refractivity contribution in [2.24, 2.45) is 0 Å². The van der Waals surface area contributed by atoms with Crippen LogP contribution >= 0.6 is 0 Å². The Morgan fingerprint density at radius 3 is 2.73 bits per heavy atom. The molecule has 7 heteroatoms. The highest BCUT2D eigenvalue weighted by molar-refractivity contribution is 7.86. The highest BCUT2D eigenvalue weighted by Crippen LogP contribution is 2.26. The van der Waals surface area contributed by atoms with Crippen molar-refractivity contribution in [3.05, 3.63) is 54.1 Å². The second kappa shape index (κ2) is 8.14. The molecule has 1 aromatic heterocycles. The second-order valence-corrected chi connectivity index (χ2v) is 7.63. The number of benzene rings is 2. The maximum Gasteiger partial charge on any atom is 0.230 e. The van der Waals surface area contributed by atoms with Gasteiger partial charge in [0.25, 0.3) is 0 Å². The van der Waals surface area contributed by atoms with E-state index in [0.717, 1.165) is 28.6 Å². The normalized spacial score (nSPS) is 12.1. The van der Waals surface area contributed by atoms with Crippen molar-refractivity contribution in [3.63, 3.8) is 0 Å². The Kier molecular flexibility index (Phi) is 5.68. The summed E-state index contributed by atoms with van der Waals surface area (Å²) < 4.78 is 14.0. The van der Waals surface area contributed by atoms with Crippen molar-refractivity contribution in [2.75, 3.05) is 22.4 Å². The number of amides is 1. The SMILES string of the molecule is CCCS(=O)N(C)c1ccc2[nH]nc(NC(=O)Cc3ccccc3)c2c1. The molecule has 2 N–H and O–H groups in total. The molecule has 136 valence electrons. The van der Waals surface area contributed by atoms with Crippen LogP contribution in [0.5, 0.6) is 0 Å². The average molecular weight is 370 g/mol. The van der Waals surface area contributed by atoms with Gasteiger partial charge < -0.3 is 5.32 Å². The summed E-state index contributed by atoms with van der Waals surface area (Å²) >= 11 is 0. The molecule has 3 rings (SSSR count). The van der Waals surface area contributed by atoms with E-state index in [0.29, 0.717) is 11.6 Å². The van der Waals surface area contributed by atoms with E-state index < -0.39 is 11.0 Å². The summed E-state index contributed by atoms with van der Waals surface area (Å²) in [6.07, 6.45) is 1.14. The molecule has 2 aromatic carbocycles. The first kappa shape index (κ1) is 18.1. The molecule has 0 aliphatic rings. The fourth-order valence-electron chi connectivity index (χ4n) is 2.68. The number of hydrogen-bond donors (Lipinski definition) is 2. The Hall–Kier alpha value is -2.67. The number of carbonyl (C=O) groups is 1. The maximum absolute atomic E-state index is 12.3. The first-order chi connectivity index (χ1) is 12.6. The second-order valence-electron chi connectivity index (χ2n) is 6.04. The maximum atomic E-state index is 12.3. The molecule has 1 atom stereocenters. The van der Waals surface area contributed by atoms with Gasteiger partial charge in [0.1, 0.15) is 11.0 Å². The molecule has 0 saturated carbocycles. The van der Waals surface area contributed by atoms with Crippen molar-refractivity contribution in [1.29, 1.82) is 0 Å². The fourth-order valence-corrected chi connectivity index (χ4v) is 3.65. The van der Waals surface area contributed by atoms with Crippen molar-refractivity contribution < 1.29 is 9.00 Å². The number of aromatic amines is 1. The first-order valence-electron chi connectivity index (χ1n) is 8.52. The molecule has 1 unspecified atom stereocenters. The molecular formula is C19H22N4O2S. The van der Waals surface area contributed by atoms with E-state index in [9.17, 15) is 9.00 Å². The van der Waals surface area contributed by atoms with Gasteiger partial charge in [-0.2, -0.15) is 5.10 Å². The van der Waals surface area contributed by atoms with Crippen LogP contribution in [0.1, 0.15) is 18.9 Å². The molecule has 0 aliphatic heterocycles. The molecule has 1 heterocycles. The molecule has 0 fully saturated rings. The summed E-state index contributed by atoms with van der Waals surface area (Å²) in [6, 6.07) is 15.2. The largest absolute Gasteiger partial charge is 0.308 e. The van der Waals surface area contributed by atoms with E-state index in [1.165, 1.54) is 0 Å². The minimum Gasteiger partial charge on any atom is -0.308 e. The molecule has 0 spiro atoms. The highest BCUT2D eigenvalue weighted by Gasteiger charge is 2.14. The Bertz CT molecular complexity index is 924. The molecular weight excluding hydrogens is 348 g/mol. The third-order valence-electron chi connectivity index (χ3n) is 4.06. The zero-order chi connectivity index (χ0) is 18.5. The number of nitrogens with zero attached hydrogens (tertiary/aromatic N) is 2. The van der Waals surface area contributed by atoms with E-state index in [2.05, 4.69) is 15.5 Å². The van der Waals surface area contributed by atoms with Crippen LogP contribution in [-0.4, -0.2) is 33.1 Å². The lowest BCUT2D eigenvalue weighted by Gasteiger charge is -2.17. The number of hydrogen-bond acceptors (Lipinski definition) is 3. The summed E-state index contributed by atoms with van der Waals surface area (Å²) in [5, 5.41) is 10.8. The van der Waals surface area contributed by atoms with E-state index >= 15 is 0 Å². The number of rotatable bonds is 7. The van der Waals surface area contributed by atoms with E-state index in [4.69, 9.17) is 0 Å². The topological polar surface area (TPSA) is 78.1 Å². The van der Waals surface area contributed by atoms with Crippen LogP contribution in [0.4, 0.5) is 11.5 Å². The van der Waals surface area contributed by atoms with Gasteiger partial charge in [0.2, 0.25) is 5.91 Å². The predicted octanol–water partition coefficient (Wildman–Crippen LogP) is 3.25. The third-order valence-corrected chi connectivity index (χ3v) is 5.64. The molecule has 3 aromatic rings. The lowest BCUT2D eigenvalue weighted by molar-refractivity contribution is -0.115. The summed E-state index contributed by atoms with van der Waals surface area (Å²) in [7, 11) is 0.731. The molecule has 0 saturated heterocycles.